The van der Waals surface area contributed by atoms with Crippen LogP contribution in [-0.2, 0) is 13.6 Å². The number of pyridine rings is 1. The molecular formula is C23H30N10. The summed E-state index contributed by atoms with van der Waals surface area (Å²) < 4.78 is 3.92. The van der Waals surface area contributed by atoms with Crippen LogP contribution in [0.2, 0.25) is 0 Å². The second kappa shape index (κ2) is 8.78. The number of nitrogens with two attached hydrogens (primary N) is 1. The van der Waals surface area contributed by atoms with Crippen molar-refractivity contribution in [1.29, 1.82) is 0 Å². The molecule has 10 heteroatoms. The molecular weight excluding hydrogens is 416 g/mol. The summed E-state index contributed by atoms with van der Waals surface area (Å²) in [6.07, 6.45) is 7.31. The first kappa shape index (κ1) is 21.3. The molecule has 1 aliphatic rings. The highest BCUT2D eigenvalue weighted by Crippen LogP contribution is 2.27. The number of hydrogen-bond donors (Lipinski definition) is 2. The second-order valence-corrected chi connectivity index (χ2v) is 8.82. The molecule has 0 atom stereocenters. The minimum atomic E-state index is 0.246. The molecule has 0 radical (unpaired) electrons. The van der Waals surface area contributed by atoms with Crippen molar-refractivity contribution in [2.24, 2.45) is 12.8 Å². The topological polar surface area (TPSA) is 116 Å². The number of nitrogens with one attached hydrogen (secondary N) is 1. The maximum Gasteiger partial charge on any atom is 0.229 e. The number of aromatic nitrogens is 7. The molecule has 4 aromatic heterocycles. The zero-order valence-corrected chi connectivity index (χ0v) is 19.3. The molecule has 172 valence electrons. The van der Waals surface area contributed by atoms with Gasteiger partial charge in [0.2, 0.25) is 5.95 Å². The molecule has 33 heavy (non-hydrogen) atoms. The Morgan fingerprint density at radius 2 is 1.94 bits per heavy atom. The van der Waals surface area contributed by atoms with Crippen molar-refractivity contribution in [3.05, 3.63) is 42.5 Å². The van der Waals surface area contributed by atoms with Gasteiger partial charge in [-0.2, -0.15) is 15.1 Å². The van der Waals surface area contributed by atoms with Gasteiger partial charge in [0.25, 0.3) is 0 Å². The van der Waals surface area contributed by atoms with Crippen molar-refractivity contribution in [2.45, 2.75) is 45.3 Å². The summed E-state index contributed by atoms with van der Waals surface area (Å²) in [5, 5.41) is 7.81. The Morgan fingerprint density at radius 3 is 2.67 bits per heavy atom. The van der Waals surface area contributed by atoms with Gasteiger partial charge >= 0.3 is 0 Å². The Balaban J connectivity index is 1.50. The molecule has 5 rings (SSSR count). The van der Waals surface area contributed by atoms with E-state index >= 15 is 0 Å². The number of piperidine rings is 1. The standard InChI is InChI=1S/C23H30N10/c1-15(2)33-14-27-20-21(29-23(30-22(20)33)32-11-7-17(24)8-12-32)26-13-16-5-4-9-25-19(16)18-6-10-28-31(18)3/h4-6,9-10,14-15,17H,7-8,11-13,24H2,1-3H3,(H,26,29,30). The minimum Gasteiger partial charge on any atom is -0.364 e. The van der Waals surface area contributed by atoms with Crippen LogP contribution >= 0.6 is 0 Å². The van der Waals surface area contributed by atoms with E-state index in [2.05, 4.69) is 49.8 Å². The van der Waals surface area contributed by atoms with Crippen LogP contribution in [0, 0.1) is 0 Å². The van der Waals surface area contributed by atoms with Crippen molar-refractivity contribution < 1.29 is 0 Å². The first-order chi connectivity index (χ1) is 16.0. The lowest BCUT2D eigenvalue weighted by Crippen LogP contribution is -2.40. The van der Waals surface area contributed by atoms with Crippen molar-refractivity contribution in [3.8, 4) is 11.4 Å². The number of fused-ring (bicyclic) bond motifs is 1. The zero-order chi connectivity index (χ0) is 22.9. The van der Waals surface area contributed by atoms with Crippen LogP contribution < -0.4 is 16.0 Å². The Labute approximate surface area is 192 Å². The molecule has 3 N–H and O–H groups in total. The molecule has 0 aliphatic carbocycles. The second-order valence-electron chi connectivity index (χ2n) is 8.82. The average molecular weight is 447 g/mol. The van der Waals surface area contributed by atoms with Crippen LogP contribution in [0.15, 0.2) is 36.9 Å². The number of imidazole rings is 1. The third-order valence-corrected chi connectivity index (χ3v) is 6.19. The number of rotatable bonds is 6. The molecule has 0 aromatic carbocycles. The Morgan fingerprint density at radius 1 is 1.12 bits per heavy atom. The molecule has 1 fully saturated rings. The van der Waals surface area contributed by atoms with E-state index < -0.39 is 0 Å². The molecule has 1 saturated heterocycles. The highest BCUT2D eigenvalue weighted by atomic mass is 15.3. The van der Waals surface area contributed by atoms with E-state index in [-0.39, 0.29) is 12.1 Å². The highest BCUT2D eigenvalue weighted by Gasteiger charge is 2.22. The molecule has 10 nitrogen and oxygen atoms in total. The molecule has 0 bridgehead atoms. The van der Waals surface area contributed by atoms with E-state index in [1.807, 2.05) is 30.2 Å². The summed E-state index contributed by atoms with van der Waals surface area (Å²) in [4.78, 5) is 21.3. The van der Waals surface area contributed by atoms with E-state index in [0.29, 0.717) is 6.54 Å². The summed E-state index contributed by atoms with van der Waals surface area (Å²) in [6, 6.07) is 6.48. The maximum absolute atomic E-state index is 6.11. The predicted octanol–water partition coefficient (Wildman–Crippen LogP) is 2.74. The SMILES string of the molecule is CC(C)n1cnc2c(NCc3cccnc3-c3ccnn3C)nc(N3CCC(N)CC3)nc21. The normalized spacial score (nSPS) is 15.0. The van der Waals surface area contributed by atoms with E-state index in [9.17, 15) is 0 Å². The quantitative estimate of drug-likeness (QED) is 0.464. The molecule has 0 unspecified atom stereocenters. The predicted molar refractivity (Wildman–Crippen MR) is 129 cm³/mol. The molecule has 5 heterocycles. The van der Waals surface area contributed by atoms with Gasteiger partial charge in [-0.25, -0.2) is 4.98 Å². The van der Waals surface area contributed by atoms with Crippen molar-refractivity contribution in [2.75, 3.05) is 23.3 Å². The van der Waals surface area contributed by atoms with Gasteiger partial charge < -0.3 is 20.5 Å². The average Bonchev–Trinajstić information content (AvgIpc) is 3.44. The van der Waals surface area contributed by atoms with Crippen LogP contribution in [0.4, 0.5) is 11.8 Å². The summed E-state index contributed by atoms with van der Waals surface area (Å²) in [5.74, 6) is 1.45. The smallest absolute Gasteiger partial charge is 0.229 e. The van der Waals surface area contributed by atoms with Gasteiger partial charge in [-0.1, -0.05) is 6.07 Å². The fourth-order valence-corrected chi connectivity index (χ4v) is 4.24. The monoisotopic (exact) mass is 446 g/mol. The zero-order valence-electron chi connectivity index (χ0n) is 19.3. The van der Waals surface area contributed by atoms with Crippen LogP contribution in [-0.4, -0.2) is 53.4 Å². The number of aryl methyl sites for hydroxylation is 1. The Hall–Kier alpha value is -3.53. The highest BCUT2D eigenvalue weighted by molar-refractivity contribution is 5.84. The molecule has 0 saturated carbocycles. The third-order valence-electron chi connectivity index (χ3n) is 6.19. The molecule has 0 spiro atoms. The summed E-state index contributed by atoms with van der Waals surface area (Å²) in [5.41, 5.74) is 10.6. The summed E-state index contributed by atoms with van der Waals surface area (Å²) in [7, 11) is 1.92. The van der Waals surface area contributed by atoms with Gasteiger partial charge in [0.05, 0.1) is 17.7 Å². The van der Waals surface area contributed by atoms with E-state index in [4.69, 9.17) is 15.7 Å². The van der Waals surface area contributed by atoms with E-state index in [1.54, 1.807) is 12.4 Å². The fourth-order valence-electron chi connectivity index (χ4n) is 4.24. The summed E-state index contributed by atoms with van der Waals surface area (Å²) in [6.45, 7) is 6.53. The number of nitrogens with zero attached hydrogens (tertiary/aromatic N) is 8. The Kier molecular flexibility index (Phi) is 5.67. The van der Waals surface area contributed by atoms with Crippen LogP contribution in [0.5, 0.6) is 0 Å². The first-order valence-electron chi connectivity index (χ1n) is 11.4. The van der Waals surface area contributed by atoms with Gasteiger partial charge in [0.1, 0.15) is 0 Å². The first-order valence-corrected chi connectivity index (χ1v) is 11.4. The van der Waals surface area contributed by atoms with Crippen LogP contribution in [0.25, 0.3) is 22.6 Å². The third kappa shape index (κ3) is 4.13. The van der Waals surface area contributed by atoms with Gasteiger partial charge in [-0.05, 0) is 44.4 Å². The molecule has 4 aromatic rings. The molecule has 0 amide bonds. The minimum absolute atomic E-state index is 0.246. The van der Waals surface area contributed by atoms with Gasteiger partial charge in [-0.15, -0.1) is 0 Å². The van der Waals surface area contributed by atoms with Gasteiger partial charge in [0, 0.05) is 51.2 Å². The fraction of sp³-hybridized carbons (Fsp3) is 0.435. The van der Waals surface area contributed by atoms with E-state index in [1.165, 1.54) is 0 Å². The maximum atomic E-state index is 6.11. The molecule has 1 aliphatic heterocycles. The summed E-state index contributed by atoms with van der Waals surface area (Å²) >= 11 is 0. The van der Waals surface area contributed by atoms with Crippen molar-refractivity contribution in [3.63, 3.8) is 0 Å². The van der Waals surface area contributed by atoms with Gasteiger partial charge in [-0.3, -0.25) is 9.67 Å². The lowest BCUT2D eigenvalue weighted by molar-refractivity contribution is 0.495. The van der Waals surface area contributed by atoms with Crippen LogP contribution in [0.3, 0.4) is 0 Å². The lowest BCUT2D eigenvalue weighted by atomic mass is 10.1. The van der Waals surface area contributed by atoms with Crippen molar-refractivity contribution in [1.82, 2.24) is 34.3 Å². The van der Waals surface area contributed by atoms with Gasteiger partial charge in [0.15, 0.2) is 17.0 Å². The lowest BCUT2D eigenvalue weighted by Gasteiger charge is -2.30. The van der Waals surface area contributed by atoms with Crippen LogP contribution in [0.1, 0.15) is 38.3 Å². The van der Waals surface area contributed by atoms with E-state index in [0.717, 1.165) is 65.8 Å². The number of anilines is 2. The largest absolute Gasteiger partial charge is 0.364 e. The number of hydrogen-bond acceptors (Lipinski definition) is 8. The van der Waals surface area contributed by atoms with Crippen molar-refractivity contribution >= 4 is 22.9 Å². The Bertz CT molecular complexity index is 1250.